The van der Waals surface area contributed by atoms with E-state index >= 15 is 0 Å². The number of cyclic esters (lactones) is 1. The van der Waals surface area contributed by atoms with Crippen molar-refractivity contribution in [2.75, 3.05) is 6.61 Å². The second-order valence-corrected chi connectivity index (χ2v) is 6.22. The molecule has 2 heteroatoms. The minimum Gasteiger partial charge on any atom is -0.461 e. The Bertz CT molecular complexity index is 503. The summed E-state index contributed by atoms with van der Waals surface area (Å²) in [5.41, 5.74) is 1.88. The number of ether oxygens (including phenoxy) is 1. The van der Waals surface area contributed by atoms with Crippen LogP contribution in [0.2, 0.25) is 0 Å². The maximum absolute atomic E-state index is 11.8. The standard InChI is InChI=1S/C14H14O2/c15-11-10-5-9-6-12-3-1-2-4-13(12,7-9)14(10,12)8-16-11/h1,3,5,9H,2,4,6-8H2. The van der Waals surface area contributed by atoms with Crippen molar-refractivity contribution >= 4 is 5.97 Å². The third-order valence-corrected chi connectivity index (χ3v) is 6.21. The van der Waals surface area contributed by atoms with Gasteiger partial charge in [-0.2, -0.15) is 0 Å². The molecule has 4 bridgehead atoms. The molecule has 5 aliphatic carbocycles. The summed E-state index contributed by atoms with van der Waals surface area (Å²) in [7, 11) is 0. The summed E-state index contributed by atoms with van der Waals surface area (Å²) in [6.07, 6.45) is 12.0. The number of rotatable bonds is 0. The van der Waals surface area contributed by atoms with Crippen LogP contribution in [-0.4, -0.2) is 12.6 Å². The number of carbonyl (C=O) groups is 1. The summed E-state index contributed by atoms with van der Waals surface area (Å²) in [6.45, 7) is 0.661. The molecule has 4 atom stereocenters. The first-order valence-corrected chi connectivity index (χ1v) is 6.33. The highest BCUT2D eigenvalue weighted by Crippen LogP contribution is 2.94. The van der Waals surface area contributed by atoms with Crippen molar-refractivity contribution in [3.05, 3.63) is 23.8 Å². The molecule has 82 valence electrons. The molecule has 6 aliphatic rings. The summed E-state index contributed by atoms with van der Waals surface area (Å²) in [6, 6.07) is 0. The van der Waals surface area contributed by atoms with E-state index in [4.69, 9.17) is 4.74 Å². The van der Waals surface area contributed by atoms with Crippen molar-refractivity contribution in [3.63, 3.8) is 0 Å². The van der Waals surface area contributed by atoms with Crippen LogP contribution in [0.3, 0.4) is 0 Å². The van der Waals surface area contributed by atoms with Gasteiger partial charge in [-0.15, -0.1) is 0 Å². The maximum atomic E-state index is 11.8. The van der Waals surface area contributed by atoms with Gasteiger partial charge in [0.15, 0.2) is 0 Å². The molecule has 0 aromatic rings. The molecule has 2 saturated carbocycles. The maximum Gasteiger partial charge on any atom is 0.334 e. The third kappa shape index (κ3) is 0.467. The first kappa shape index (κ1) is 8.10. The highest BCUT2D eigenvalue weighted by atomic mass is 16.5. The van der Waals surface area contributed by atoms with Gasteiger partial charge in [-0.05, 0) is 37.0 Å². The van der Waals surface area contributed by atoms with Crippen LogP contribution in [0.25, 0.3) is 0 Å². The SMILES string of the molecule is O=C1OCC23C1=CC1CC24C=CCCC43C1. The van der Waals surface area contributed by atoms with Gasteiger partial charge in [0.2, 0.25) is 0 Å². The predicted molar refractivity (Wildman–Crippen MR) is 57.4 cm³/mol. The average molecular weight is 214 g/mol. The van der Waals surface area contributed by atoms with E-state index in [1.54, 1.807) is 0 Å². The van der Waals surface area contributed by atoms with Crippen molar-refractivity contribution in [1.29, 1.82) is 0 Å². The molecule has 16 heavy (non-hydrogen) atoms. The topological polar surface area (TPSA) is 26.3 Å². The van der Waals surface area contributed by atoms with Crippen LogP contribution in [0, 0.1) is 22.2 Å². The Morgan fingerprint density at radius 1 is 1.38 bits per heavy atom. The lowest BCUT2D eigenvalue weighted by atomic mass is 9.72. The Hall–Kier alpha value is -1.05. The van der Waals surface area contributed by atoms with Crippen LogP contribution in [-0.2, 0) is 9.53 Å². The summed E-state index contributed by atoms with van der Waals surface area (Å²) in [4.78, 5) is 11.8. The zero-order valence-electron chi connectivity index (χ0n) is 9.16. The average Bonchev–Trinajstić information content (AvgIpc) is 2.56. The first-order valence-electron chi connectivity index (χ1n) is 6.33. The van der Waals surface area contributed by atoms with Crippen molar-refractivity contribution in [2.24, 2.45) is 22.2 Å². The van der Waals surface area contributed by atoms with Crippen molar-refractivity contribution in [1.82, 2.24) is 0 Å². The van der Waals surface area contributed by atoms with Crippen LogP contribution in [0.1, 0.15) is 25.7 Å². The summed E-state index contributed by atoms with van der Waals surface area (Å²) >= 11 is 0. The highest BCUT2D eigenvalue weighted by molar-refractivity contribution is 5.96. The van der Waals surface area contributed by atoms with Gasteiger partial charge in [0, 0.05) is 11.0 Å². The fraction of sp³-hybridized carbons (Fsp3) is 0.643. The van der Waals surface area contributed by atoms with E-state index in [1.165, 1.54) is 25.7 Å². The molecule has 1 aliphatic heterocycles. The second kappa shape index (κ2) is 1.92. The van der Waals surface area contributed by atoms with Crippen LogP contribution in [0.15, 0.2) is 23.8 Å². The second-order valence-electron chi connectivity index (χ2n) is 6.22. The van der Waals surface area contributed by atoms with E-state index < -0.39 is 0 Å². The lowest BCUT2D eigenvalue weighted by Gasteiger charge is -2.29. The zero-order chi connectivity index (χ0) is 10.6. The van der Waals surface area contributed by atoms with Gasteiger partial charge >= 0.3 is 5.97 Å². The molecule has 0 amide bonds. The monoisotopic (exact) mass is 214 g/mol. The van der Waals surface area contributed by atoms with E-state index in [9.17, 15) is 4.79 Å². The van der Waals surface area contributed by atoms with Crippen molar-refractivity contribution in [2.45, 2.75) is 25.7 Å². The number of esters is 1. The minimum atomic E-state index is -0.0223. The molecule has 1 saturated heterocycles. The number of carbonyl (C=O) groups excluding carboxylic acids is 1. The molecule has 1 heterocycles. The molecule has 3 fully saturated rings. The Labute approximate surface area is 94.4 Å². The molecule has 0 aromatic carbocycles. The van der Waals surface area contributed by atoms with Crippen LogP contribution >= 0.6 is 0 Å². The smallest absolute Gasteiger partial charge is 0.334 e. The largest absolute Gasteiger partial charge is 0.461 e. The van der Waals surface area contributed by atoms with E-state index in [0.29, 0.717) is 23.4 Å². The van der Waals surface area contributed by atoms with Crippen LogP contribution in [0.4, 0.5) is 0 Å². The van der Waals surface area contributed by atoms with Gasteiger partial charge in [-0.25, -0.2) is 4.79 Å². The lowest BCUT2D eigenvalue weighted by molar-refractivity contribution is -0.135. The molecule has 0 radical (unpaired) electrons. The molecule has 3 spiro atoms. The molecule has 0 N–H and O–H groups in total. The molecule has 2 nitrogen and oxygen atoms in total. The quantitative estimate of drug-likeness (QED) is 0.456. The summed E-state index contributed by atoms with van der Waals surface area (Å²) in [5, 5.41) is 0. The third-order valence-electron chi connectivity index (χ3n) is 6.21. The molecule has 0 aromatic heterocycles. The van der Waals surface area contributed by atoms with Gasteiger partial charge in [-0.3, -0.25) is 0 Å². The van der Waals surface area contributed by atoms with E-state index in [0.717, 1.165) is 5.57 Å². The van der Waals surface area contributed by atoms with Gasteiger partial charge < -0.3 is 4.74 Å². The fourth-order valence-corrected chi connectivity index (χ4v) is 5.89. The zero-order valence-corrected chi connectivity index (χ0v) is 9.16. The Morgan fingerprint density at radius 2 is 2.31 bits per heavy atom. The summed E-state index contributed by atoms with van der Waals surface area (Å²) < 4.78 is 5.38. The minimum absolute atomic E-state index is 0.0223. The molecular weight excluding hydrogens is 200 g/mol. The number of hydrogen-bond acceptors (Lipinski definition) is 2. The Balaban J connectivity index is 1.86. The van der Waals surface area contributed by atoms with Crippen molar-refractivity contribution in [3.8, 4) is 0 Å². The van der Waals surface area contributed by atoms with Gasteiger partial charge in [-0.1, -0.05) is 18.2 Å². The van der Waals surface area contributed by atoms with E-state index in [1.807, 2.05) is 0 Å². The van der Waals surface area contributed by atoms with Gasteiger partial charge in [0.1, 0.15) is 6.61 Å². The van der Waals surface area contributed by atoms with E-state index in [2.05, 4.69) is 18.2 Å². The Kier molecular flexibility index (Phi) is 0.970. The fourth-order valence-electron chi connectivity index (χ4n) is 5.89. The Morgan fingerprint density at radius 3 is 3.19 bits per heavy atom. The number of allylic oxidation sites excluding steroid dienone is 3. The normalized spacial score (nSPS) is 58.9. The van der Waals surface area contributed by atoms with Crippen molar-refractivity contribution < 1.29 is 9.53 Å². The molecular formula is C14H14O2. The predicted octanol–water partition coefficient (Wildman–Crippen LogP) is 2.22. The first-order chi connectivity index (χ1) is 7.76. The lowest BCUT2D eigenvalue weighted by Crippen LogP contribution is -2.27. The highest BCUT2D eigenvalue weighted by Gasteiger charge is 2.92. The van der Waals surface area contributed by atoms with Gasteiger partial charge in [0.25, 0.3) is 0 Å². The van der Waals surface area contributed by atoms with Crippen LogP contribution in [0.5, 0.6) is 0 Å². The molecule has 4 unspecified atom stereocenters. The number of hydrogen-bond donors (Lipinski definition) is 0. The van der Waals surface area contributed by atoms with E-state index in [-0.39, 0.29) is 11.4 Å². The summed E-state index contributed by atoms with van der Waals surface area (Å²) in [5.74, 6) is 0.622. The van der Waals surface area contributed by atoms with Gasteiger partial charge in [0.05, 0.1) is 5.41 Å². The molecule has 6 rings (SSSR count). The van der Waals surface area contributed by atoms with Crippen LogP contribution < -0.4 is 0 Å².